The van der Waals surface area contributed by atoms with Crippen molar-refractivity contribution in [2.45, 2.75) is 57.8 Å². The van der Waals surface area contributed by atoms with Crippen LogP contribution in [0.1, 0.15) is 54.8 Å². The standard InChI is InChI=1S/C26H30N2O5S2/c1-5-6-7-8-18-14-21(29)24(20-13-17(4)9-10-19(20)16(2)3)25(31)26(18)35(32,33)28-22(30)15-23-27-11-12-34-23/h9-14,29,31H,2,5-8,15H2,1,3-4H3,(H,28,30). The molecule has 0 aliphatic rings. The highest BCUT2D eigenvalue weighted by Gasteiger charge is 2.30. The third kappa shape index (κ3) is 6.10. The number of aryl methyl sites for hydroxylation is 2. The van der Waals surface area contributed by atoms with E-state index in [0.29, 0.717) is 34.5 Å². The number of thiazole rings is 1. The second-order valence-electron chi connectivity index (χ2n) is 8.53. The average Bonchev–Trinajstić information content (AvgIpc) is 3.25. The quantitative estimate of drug-likeness (QED) is 0.314. The Bertz CT molecular complexity index is 1350. The number of unbranched alkanes of at least 4 members (excludes halogenated alkanes) is 2. The molecule has 35 heavy (non-hydrogen) atoms. The molecule has 0 radical (unpaired) electrons. The lowest BCUT2D eigenvalue weighted by Gasteiger charge is -2.19. The first-order valence-corrected chi connectivity index (χ1v) is 13.7. The molecule has 0 bridgehead atoms. The number of allylic oxidation sites excluding steroid dienone is 1. The topological polar surface area (TPSA) is 117 Å². The zero-order chi connectivity index (χ0) is 25.8. The number of aromatic nitrogens is 1. The van der Waals surface area contributed by atoms with E-state index in [9.17, 15) is 23.4 Å². The van der Waals surface area contributed by atoms with Crippen LogP contribution in [0.2, 0.25) is 0 Å². The third-order valence-electron chi connectivity index (χ3n) is 5.58. The summed E-state index contributed by atoms with van der Waals surface area (Å²) in [6.07, 6.45) is 4.06. The van der Waals surface area contributed by atoms with Gasteiger partial charge in [-0.15, -0.1) is 11.3 Å². The minimum Gasteiger partial charge on any atom is -0.507 e. The normalized spacial score (nSPS) is 11.4. The molecule has 0 saturated heterocycles. The van der Waals surface area contributed by atoms with E-state index < -0.39 is 26.6 Å². The molecular formula is C26H30N2O5S2. The number of nitrogens with zero attached hydrogens (tertiary/aromatic N) is 1. The van der Waals surface area contributed by atoms with Crippen LogP contribution in [0, 0.1) is 6.92 Å². The molecule has 3 N–H and O–H groups in total. The fourth-order valence-electron chi connectivity index (χ4n) is 3.96. The molecule has 7 nitrogen and oxygen atoms in total. The molecule has 0 aliphatic carbocycles. The maximum Gasteiger partial charge on any atom is 0.268 e. The molecule has 186 valence electrons. The number of aromatic hydroxyl groups is 2. The molecule has 0 spiro atoms. The van der Waals surface area contributed by atoms with Crippen LogP contribution in [0.15, 0.2) is 47.3 Å². The summed E-state index contributed by atoms with van der Waals surface area (Å²) < 4.78 is 28.9. The van der Waals surface area contributed by atoms with E-state index in [1.54, 1.807) is 18.4 Å². The van der Waals surface area contributed by atoms with Crippen LogP contribution in [0.5, 0.6) is 11.5 Å². The summed E-state index contributed by atoms with van der Waals surface area (Å²) in [5, 5.41) is 24.4. The van der Waals surface area contributed by atoms with Gasteiger partial charge in [-0.05, 0) is 49.4 Å². The van der Waals surface area contributed by atoms with Crippen LogP contribution in [0.3, 0.4) is 0 Å². The summed E-state index contributed by atoms with van der Waals surface area (Å²) in [5.74, 6) is -1.60. The predicted octanol–water partition coefficient (Wildman–Crippen LogP) is 5.34. The molecule has 0 atom stereocenters. The number of hydrogen-bond acceptors (Lipinski definition) is 7. The van der Waals surface area contributed by atoms with E-state index in [-0.39, 0.29) is 23.3 Å². The number of amides is 1. The summed E-state index contributed by atoms with van der Waals surface area (Å²) >= 11 is 1.24. The van der Waals surface area contributed by atoms with Crippen LogP contribution < -0.4 is 4.72 Å². The number of phenolic OH excluding ortho intramolecular Hbond substituents is 2. The lowest BCUT2D eigenvalue weighted by atomic mass is 9.91. The number of carbonyl (C=O) groups excluding carboxylic acids is 1. The zero-order valence-corrected chi connectivity index (χ0v) is 21.7. The van der Waals surface area contributed by atoms with Gasteiger partial charge in [-0.25, -0.2) is 18.1 Å². The Morgan fingerprint density at radius 1 is 1.20 bits per heavy atom. The molecule has 0 fully saturated rings. The highest BCUT2D eigenvalue weighted by Crippen LogP contribution is 2.46. The van der Waals surface area contributed by atoms with Gasteiger partial charge in [-0.2, -0.15) is 0 Å². The average molecular weight is 515 g/mol. The van der Waals surface area contributed by atoms with Gasteiger partial charge in [0.1, 0.15) is 21.4 Å². The SMILES string of the molecule is C=C(C)c1ccc(C)cc1-c1c(O)cc(CCCCC)c(S(=O)(=O)NC(=O)Cc2nccs2)c1O. The molecule has 0 saturated carbocycles. The van der Waals surface area contributed by atoms with Crippen molar-refractivity contribution in [3.05, 3.63) is 64.1 Å². The summed E-state index contributed by atoms with van der Waals surface area (Å²) in [4.78, 5) is 16.1. The first kappa shape index (κ1) is 26.4. The monoisotopic (exact) mass is 514 g/mol. The van der Waals surface area contributed by atoms with Gasteiger partial charge in [-0.1, -0.05) is 55.7 Å². The fraction of sp³-hybridized carbons (Fsp3) is 0.308. The van der Waals surface area contributed by atoms with Crippen LogP contribution in [0.25, 0.3) is 16.7 Å². The number of sulfonamides is 1. The first-order chi connectivity index (χ1) is 16.5. The number of carbonyl (C=O) groups is 1. The zero-order valence-electron chi connectivity index (χ0n) is 20.1. The molecule has 0 unspecified atom stereocenters. The van der Waals surface area contributed by atoms with E-state index in [2.05, 4.69) is 16.3 Å². The van der Waals surface area contributed by atoms with Crippen molar-refractivity contribution in [3.63, 3.8) is 0 Å². The van der Waals surface area contributed by atoms with E-state index >= 15 is 0 Å². The largest absolute Gasteiger partial charge is 0.507 e. The van der Waals surface area contributed by atoms with Gasteiger partial charge < -0.3 is 10.2 Å². The second kappa shape index (κ2) is 11.0. The van der Waals surface area contributed by atoms with Crippen LogP contribution >= 0.6 is 11.3 Å². The summed E-state index contributed by atoms with van der Waals surface area (Å²) in [5.41, 5.74) is 2.90. The van der Waals surface area contributed by atoms with Crippen LogP contribution in [0.4, 0.5) is 0 Å². The predicted molar refractivity (Wildman–Crippen MR) is 139 cm³/mol. The number of benzene rings is 2. The lowest BCUT2D eigenvalue weighted by molar-refractivity contribution is -0.118. The van der Waals surface area contributed by atoms with E-state index in [1.807, 2.05) is 26.0 Å². The summed E-state index contributed by atoms with van der Waals surface area (Å²) in [6, 6.07) is 6.81. The molecule has 3 aromatic rings. The molecule has 2 aromatic carbocycles. The fourth-order valence-corrected chi connectivity index (χ4v) is 5.91. The van der Waals surface area contributed by atoms with Crippen LogP contribution in [-0.4, -0.2) is 29.5 Å². The molecule has 3 rings (SSSR count). The Morgan fingerprint density at radius 3 is 2.57 bits per heavy atom. The van der Waals surface area contributed by atoms with Gasteiger partial charge in [0.2, 0.25) is 5.91 Å². The van der Waals surface area contributed by atoms with Gasteiger partial charge >= 0.3 is 0 Å². The minimum absolute atomic E-state index is 0.0151. The van der Waals surface area contributed by atoms with E-state index in [0.717, 1.165) is 18.4 Å². The molecule has 1 aromatic heterocycles. The van der Waals surface area contributed by atoms with Crippen molar-refractivity contribution in [1.82, 2.24) is 9.71 Å². The molecule has 1 heterocycles. The third-order valence-corrected chi connectivity index (χ3v) is 7.85. The highest BCUT2D eigenvalue weighted by atomic mass is 32.2. The van der Waals surface area contributed by atoms with Crippen molar-refractivity contribution < 1.29 is 23.4 Å². The smallest absolute Gasteiger partial charge is 0.268 e. The van der Waals surface area contributed by atoms with Gasteiger partial charge in [0, 0.05) is 11.6 Å². The Hall–Kier alpha value is -3.17. The van der Waals surface area contributed by atoms with E-state index in [4.69, 9.17) is 0 Å². The lowest BCUT2D eigenvalue weighted by Crippen LogP contribution is -2.32. The second-order valence-corrected chi connectivity index (χ2v) is 11.1. The number of nitrogens with one attached hydrogen (secondary N) is 1. The molecule has 1 amide bonds. The Labute approximate surface area is 210 Å². The van der Waals surface area contributed by atoms with Gasteiger partial charge in [0.25, 0.3) is 10.0 Å². The highest BCUT2D eigenvalue weighted by molar-refractivity contribution is 7.90. The maximum absolute atomic E-state index is 13.4. The number of hydrogen-bond donors (Lipinski definition) is 3. The summed E-state index contributed by atoms with van der Waals surface area (Å²) in [6.45, 7) is 9.64. The molecule has 0 aliphatic heterocycles. The van der Waals surface area contributed by atoms with Crippen molar-refractivity contribution in [2.75, 3.05) is 0 Å². The number of phenols is 2. The van der Waals surface area contributed by atoms with Crippen LogP contribution in [-0.2, 0) is 27.7 Å². The first-order valence-electron chi connectivity index (χ1n) is 11.3. The van der Waals surface area contributed by atoms with Gasteiger partial charge in [0.05, 0.1) is 12.0 Å². The number of rotatable bonds is 10. The van der Waals surface area contributed by atoms with Crippen molar-refractivity contribution in [1.29, 1.82) is 0 Å². The Balaban J connectivity index is 2.17. The van der Waals surface area contributed by atoms with Gasteiger partial charge in [0.15, 0.2) is 0 Å². The van der Waals surface area contributed by atoms with E-state index in [1.165, 1.54) is 23.6 Å². The summed E-state index contributed by atoms with van der Waals surface area (Å²) in [7, 11) is -4.46. The molecular weight excluding hydrogens is 484 g/mol. The van der Waals surface area contributed by atoms with Gasteiger partial charge in [-0.3, -0.25) is 4.79 Å². The maximum atomic E-state index is 13.4. The van der Waals surface area contributed by atoms with Crippen molar-refractivity contribution in [3.8, 4) is 22.6 Å². The molecule has 9 heteroatoms. The van der Waals surface area contributed by atoms with Crippen molar-refractivity contribution in [2.24, 2.45) is 0 Å². The Morgan fingerprint density at radius 2 is 1.94 bits per heavy atom. The van der Waals surface area contributed by atoms with Crippen molar-refractivity contribution >= 4 is 32.8 Å². The Kier molecular flexibility index (Phi) is 8.34. The minimum atomic E-state index is -4.46.